The van der Waals surface area contributed by atoms with E-state index >= 15 is 0 Å². The van der Waals surface area contributed by atoms with E-state index in [0.717, 1.165) is 12.8 Å². The van der Waals surface area contributed by atoms with Crippen molar-refractivity contribution < 1.29 is 18.8 Å². The lowest BCUT2D eigenvalue weighted by atomic mass is 9.97. The van der Waals surface area contributed by atoms with E-state index in [-0.39, 0.29) is 11.9 Å². The van der Waals surface area contributed by atoms with E-state index in [1.807, 2.05) is 18.2 Å². The van der Waals surface area contributed by atoms with Crippen LogP contribution in [0.1, 0.15) is 24.7 Å². The molecule has 3 heterocycles. The molecule has 0 unspecified atom stereocenters. The molecule has 9 heteroatoms. The summed E-state index contributed by atoms with van der Waals surface area (Å²) < 4.78 is 16.0. The maximum absolute atomic E-state index is 12.7. The van der Waals surface area contributed by atoms with Crippen molar-refractivity contribution in [3.05, 3.63) is 48.5 Å². The topological polar surface area (TPSA) is 103 Å². The lowest BCUT2D eigenvalue weighted by molar-refractivity contribution is 0.187. The zero-order valence-corrected chi connectivity index (χ0v) is 16.9. The molecule has 2 aromatic heterocycles. The Hall–Kier alpha value is -3.62. The number of aromatic nitrogens is 3. The smallest absolute Gasteiger partial charge is 0.321 e. The fourth-order valence-electron chi connectivity index (χ4n) is 3.44. The third-order valence-electron chi connectivity index (χ3n) is 5.12. The van der Waals surface area contributed by atoms with Crippen LogP contribution in [0.2, 0.25) is 0 Å². The number of methoxy groups -OCH3 is 2. The number of hydrogen-bond donors (Lipinski definition) is 1. The van der Waals surface area contributed by atoms with Gasteiger partial charge < -0.3 is 24.2 Å². The van der Waals surface area contributed by atoms with Crippen molar-refractivity contribution in [1.29, 1.82) is 0 Å². The summed E-state index contributed by atoms with van der Waals surface area (Å²) in [4.78, 5) is 23.2. The highest BCUT2D eigenvalue weighted by atomic mass is 16.5. The van der Waals surface area contributed by atoms with Crippen LogP contribution in [-0.4, -0.2) is 53.4 Å². The van der Waals surface area contributed by atoms with E-state index in [4.69, 9.17) is 14.0 Å². The fraction of sp³-hybridized carbons (Fsp3) is 0.333. The number of ether oxygens (including phenoxy) is 2. The SMILES string of the molecule is COc1ccc(OC)c(NC(=O)N2CCC(c3nc(-c4ccccn4)no3)CC2)c1. The number of nitrogens with one attached hydrogen (secondary N) is 1. The molecular formula is C21H23N5O4. The van der Waals surface area contributed by atoms with Crippen molar-refractivity contribution in [2.24, 2.45) is 0 Å². The Labute approximate surface area is 174 Å². The minimum absolute atomic E-state index is 0.116. The first-order valence-electron chi connectivity index (χ1n) is 9.71. The van der Waals surface area contributed by atoms with Crippen LogP contribution in [0.15, 0.2) is 47.1 Å². The number of rotatable bonds is 5. The minimum atomic E-state index is -0.181. The molecule has 1 saturated heterocycles. The third-order valence-corrected chi connectivity index (χ3v) is 5.12. The maximum atomic E-state index is 12.7. The van der Waals surface area contributed by atoms with Gasteiger partial charge in [-0.25, -0.2) is 4.79 Å². The van der Waals surface area contributed by atoms with Gasteiger partial charge in [0.05, 0.1) is 19.9 Å². The molecule has 1 N–H and O–H groups in total. The van der Waals surface area contributed by atoms with Gasteiger partial charge in [0.15, 0.2) is 0 Å². The quantitative estimate of drug-likeness (QED) is 0.687. The van der Waals surface area contributed by atoms with Crippen LogP contribution >= 0.6 is 0 Å². The molecule has 0 bridgehead atoms. The molecule has 1 aliphatic rings. The van der Waals surface area contributed by atoms with E-state index in [0.29, 0.717) is 47.7 Å². The number of anilines is 1. The summed E-state index contributed by atoms with van der Waals surface area (Å²) in [6.07, 6.45) is 3.18. The van der Waals surface area contributed by atoms with Crippen LogP contribution < -0.4 is 14.8 Å². The molecule has 156 valence electrons. The summed E-state index contributed by atoms with van der Waals surface area (Å²) in [5.74, 6) is 2.41. The van der Waals surface area contributed by atoms with E-state index < -0.39 is 0 Å². The predicted octanol–water partition coefficient (Wildman–Crippen LogP) is 3.56. The predicted molar refractivity (Wildman–Crippen MR) is 110 cm³/mol. The van der Waals surface area contributed by atoms with Crippen LogP contribution in [0, 0.1) is 0 Å². The summed E-state index contributed by atoms with van der Waals surface area (Å²) in [7, 11) is 3.14. The number of hydrogen-bond acceptors (Lipinski definition) is 7. The number of nitrogens with zero attached hydrogens (tertiary/aromatic N) is 4. The summed E-state index contributed by atoms with van der Waals surface area (Å²) in [6, 6.07) is 10.7. The molecule has 3 aromatic rings. The van der Waals surface area contributed by atoms with Gasteiger partial charge >= 0.3 is 6.03 Å². The molecule has 1 fully saturated rings. The van der Waals surface area contributed by atoms with Gasteiger partial charge in [0, 0.05) is 31.3 Å². The number of likely N-dealkylation sites (tertiary alicyclic amines) is 1. The van der Waals surface area contributed by atoms with Gasteiger partial charge in [0.2, 0.25) is 11.7 Å². The van der Waals surface area contributed by atoms with Gasteiger partial charge in [-0.15, -0.1) is 0 Å². The second kappa shape index (κ2) is 8.81. The zero-order chi connectivity index (χ0) is 20.9. The van der Waals surface area contributed by atoms with Crippen molar-refractivity contribution >= 4 is 11.7 Å². The van der Waals surface area contributed by atoms with Crippen molar-refractivity contribution in [3.8, 4) is 23.0 Å². The molecule has 4 rings (SSSR count). The first kappa shape index (κ1) is 19.7. The van der Waals surface area contributed by atoms with E-state index in [2.05, 4.69) is 20.4 Å². The van der Waals surface area contributed by atoms with Gasteiger partial charge in [0.25, 0.3) is 0 Å². The van der Waals surface area contributed by atoms with E-state index in [9.17, 15) is 4.79 Å². The number of carbonyl (C=O) groups is 1. The highest BCUT2D eigenvalue weighted by Gasteiger charge is 2.28. The van der Waals surface area contributed by atoms with Crippen molar-refractivity contribution in [3.63, 3.8) is 0 Å². The minimum Gasteiger partial charge on any atom is -0.497 e. The van der Waals surface area contributed by atoms with Gasteiger partial charge in [-0.1, -0.05) is 11.2 Å². The van der Waals surface area contributed by atoms with Crippen LogP contribution in [0.25, 0.3) is 11.5 Å². The van der Waals surface area contributed by atoms with Crippen LogP contribution in [0.4, 0.5) is 10.5 Å². The molecule has 0 atom stereocenters. The monoisotopic (exact) mass is 409 g/mol. The molecule has 0 spiro atoms. The molecule has 0 aliphatic carbocycles. The average Bonchev–Trinajstić information content (AvgIpc) is 3.30. The highest BCUT2D eigenvalue weighted by molar-refractivity contribution is 5.91. The molecule has 30 heavy (non-hydrogen) atoms. The second-order valence-corrected chi connectivity index (χ2v) is 6.93. The Kier molecular flexibility index (Phi) is 5.78. The number of carbonyl (C=O) groups excluding carboxylic acids is 1. The fourth-order valence-corrected chi connectivity index (χ4v) is 3.44. The zero-order valence-electron chi connectivity index (χ0n) is 16.9. The molecule has 1 aromatic carbocycles. The maximum Gasteiger partial charge on any atom is 0.321 e. The lowest BCUT2D eigenvalue weighted by Crippen LogP contribution is -2.40. The highest BCUT2D eigenvalue weighted by Crippen LogP contribution is 2.31. The first-order chi connectivity index (χ1) is 14.7. The third kappa shape index (κ3) is 4.19. The summed E-state index contributed by atoms with van der Waals surface area (Å²) in [6.45, 7) is 1.17. The van der Waals surface area contributed by atoms with Crippen LogP contribution in [0.5, 0.6) is 11.5 Å². The number of pyridine rings is 1. The Balaban J connectivity index is 1.37. The van der Waals surface area contributed by atoms with Crippen molar-refractivity contribution in [2.45, 2.75) is 18.8 Å². The number of benzene rings is 1. The molecule has 9 nitrogen and oxygen atoms in total. The van der Waals surface area contributed by atoms with E-state index in [1.54, 1.807) is 43.5 Å². The Morgan fingerprint density at radius 3 is 2.70 bits per heavy atom. The summed E-state index contributed by atoms with van der Waals surface area (Å²) >= 11 is 0. The summed E-state index contributed by atoms with van der Waals surface area (Å²) in [5, 5.41) is 6.95. The standard InChI is InChI=1S/C21H23N5O4/c1-28-15-6-7-18(29-2)17(13-15)23-21(27)26-11-8-14(9-12-26)20-24-19(25-30-20)16-5-3-4-10-22-16/h3-7,10,13-14H,8-9,11-12H2,1-2H3,(H,23,27). The van der Waals surface area contributed by atoms with Crippen molar-refractivity contribution in [2.75, 3.05) is 32.6 Å². The Morgan fingerprint density at radius 2 is 2.00 bits per heavy atom. The molecule has 0 radical (unpaired) electrons. The Morgan fingerprint density at radius 1 is 1.17 bits per heavy atom. The van der Waals surface area contributed by atoms with Crippen LogP contribution in [0.3, 0.4) is 0 Å². The lowest BCUT2D eigenvalue weighted by Gasteiger charge is -2.30. The number of piperidine rings is 1. The van der Waals surface area contributed by atoms with Gasteiger partial charge in [-0.2, -0.15) is 4.98 Å². The largest absolute Gasteiger partial charge is 0.497 e. The van der Waals surface area contributed by atoms with Gasteiger partial charge in [-0.05, 0) is 37.1 Å². The second-order valence-electron chi connectivity index (χ2n) is 6.93. The van der Waals surface area contributed by atoms with Gasteiger partial charge in [0.1, 0.15) is 17.2 Å². The number of urea groups is 1. The molecule has 1 aliphatic heterocycles. The van der Waals surface area contributed by atoms with E-state index in [1.165, 1.54) is 0 Å². The molecule has 0 saturated carbocycles. The Bertz CT molecular complexity index is 1000. The molecular weight excluding hydrogens is 386 g/mol. The normalized spacial score (nSPS) is 14.4. The first-order valence-corrected chi connectivity index (χ1v) is 9.71. The average molecular weight is 409 g/mol. The molecule has 2 amide bonds. The summed E-state index contributed by atoms with van der Waals surface area (Å²) in [5.41, 5.74) is 1.25. The van der Waals surface area contributed by atoms with Crippen molar-refractivity contribution in [1.82, 2.24) is 20.0 Å². The van der Waals surface area contributed by atoms with Crippen LogP contribution in [-0.2, 0) is 0 Å². The number of amides is 2. The van der Waals surface area contributed by atoms with Gasteiger partial charge in [-0.3, -0.25) is 4.98 Å².